The van der Waals surface area contributed by atoms with E-state index in [1.54, 1.807) is 18.2 Å². The lowest BCUT2D eigenvalue weighted by Gasteiger charge is -2.20. The molecule has 1 amide bonds. The number of carbonyl (C=O) groups excluding carboxylic acids is 1. The maximum absolute atomic E-state index is 13.0. The third kappa shape index (κ3) is 5.18. The van der Waals surface area contributed by atoms with Crippen molar-refractivity contribution in [3.8, 4) is 11.4 Å². The van der Waals surface area contributed by atoms with Crippen LogP contribution in [0.1, 0.15) is 53.0 Å². The Hall–Kier alpha value is -1.91. The fourth-order valence-corrected chi connectivity index (χ4v) is 6.29. The number of benzene rings is 1. The quantitative estimate of drug-likeness (QED) is 0.483. The van der Waals surface area contributed by atoms with Gasteiger partial charge in [0.1, 0.15) is 0 Å². The van der Waals surface area contributed by atoms with Gasteiger partial charge in [-0.15, -0.1) is 10.2 Å². The van der Waals surface area contributed by atoms with Crippen molar-refractivity contribution in [2.24, 2.45) is 0 Å². The average molecular weight is 480 g/mol. The SMILES string of the molecule is CCC(C)n1c(SCC(=O)N2CCCC2)nnc1-c1cccc(S(=O)(=O)N(CC)CC)c1. The highest BCUT2D eigenvalue weighted by atomic mass is 32.2. The van der Waals surface area contributed by atoms with Gasteiger partial charge in [0.05, 0.1) is 10.6 Å². The number of thioether (sulfide) groups is 1. The molecule has 0 spiro atoms. The Morgan fingerprint density at radius 1 is 1.16 bits per heavy atom. The largest absolute Gasteiger partial charge is 0.342 e. The average Bonchev–Trinajstić information content (AvgIpc) is 3.48. The Labute approximate surface area is 195 Å². The highest BCUT2D eigenvalue weighted by Gasteiger charge is 2.25. The van der Waals surface area contributed by atoms with Crippen molar-refractivity contribution in [3.05, 3.63) is 24.3 Å². The molecule has 10 heteroatoms. The molecular formula is C22H33N5O3S2. The molecule has 3 rings (SSSR count). The lowest BCUT2D eigenvalue weighted by atomic mass is 10.2. The number of aromatic nitrogens is 3. The van der Waals surface area contributed by atoms with Gasteiger partial charge in [-0.2, -0.15) is 4.31 Å². The minimum Gasteiger partial charge on any atom is -0.342 e. The molecule has 1 aromatic carbocycles. The Morgan fingerprint density at radius 3 is 2.47 bits per heavy atom. The predicted molar refractivity (Wildman–Crippen MR) is 127 cm³/mol. The second kappa shape index (κ2) is 10.8. The van der Waals surface area contributed by atoms with Crippen molar-refractivity contribution in [2.45, 2.75) is 63.1 Å². The molecule has 176 valence electrons. The first-order valence-electron chi connectivity index (χ1n) is 11.3. The number of hydrogen-bond donors (Lipinski definition) is 0. The van der Waals surface area contributed by atoms with E-state index in [0.717, 1.165) is 32.4 Å². The lowest BCUT2D eigenvalue weighted by molar-refractivity contribution is -0.127. The fraction of sp³-hybridized carbons (Fsp3) is 0.591. The van der Waals surface area contributed by atoms with Crippen LogP contribution in [-0.4, -0.2) is 70.2 Å². The van der Waals surface area contributed by atoms with E-state index in [-0.39, 0.29) is 16.8 Å². The summed E-state index contributed by atoms with van der Waals surface area (Å²) in [5.74, 6) is 1.07. The van der Waals surface area contributed by atoms with Crippen molar-refractivity contribution in [1.82, 2.24) is 24.0 Å². The first kappa shape index (κ1) is 24.7. The number of sulfonamides is 1. The van der Waals surface area contributed by atoms with Gasteiger partial charge in [0, 0.05) is 37.8 Å². The lowest BCUT2D eigenvalue weighted by Crippen LogP contribution is -2.30. The standard InChI is InChI=1S/C22H33N5O3S2/c1-5-17(4)27-21(23-24-22(27)31-16-20(28)25-13-8-9-14-25)18-11-10-12-19(15-18)32(29,30)26(6-2)7-3/h10-12,15,17H,5-9,13-14,16H2,1-4H3. The van der Waals surface area contributed by atoms with E-state index in [0.29, 0.717) is 35.4 Å². The van der Waals surface area contributed by atoms with Gasteiger partial charge in [-0.25, -0.2) is 8.42 Å². The monoisotopic (exact) mass is 479 g/mol. The third-order valence-electron chi connectivity index (χ3n) is 5.92. The van der Waals surface area contributed by atoms with Crippen LogP contribution < -0.4 is 0 Å². The second-order valence-corrected chi connectivity index (χ2v) is 10.8. The zero-order valence-corrected chi connectivity index (χ0v) is 21.0. The molecule has 1 atom stereocenters. The molecular weight excluding hydrogens is 446 g/mol. The molecule has 32 heavy (non-hydrogen) atoms. The Balaban J connectivity index is 1.92. The van der Waals surface area contributed by atoms with E-state index >= 15 is 0 Å². The highest BCUT2D eigenvalue weighted by molar-refractivity contribution is 7.99. The first-order valence-corrected chi connectivity index (χ1v) is 13.7. The highest BCUT2D eigenvalue weighted by Crippen LogP contribution is 2.31. The molecule has 2 heterocycles. The third-order valence-corrected chi connectivity index (χ3v) is 8.89. The van der Waals surface area contributed by atoms with Crippen LogP contribution in [0.15, 0.2) is 34.3 Å². The van der Waals surface area contributed by atoms with Crippen LogP contribution in [0.5, 0.6) is 0 Å². The van der Waals surface area contributed by atoms with E-state index in [9.17, 15) is 13.2 Å². The Kier molecular flexibility index (Phi) is 8.35. The van der Waals surface area contributed by atoms with Crippen molar-refractivity contribution in [1.29, 1.82) is 0 Å². The Morgan fingerprint density at radius 2 is 1.84 bits per heavy atom. The van der Waals surface area contributed by atoms with Crippen LogP contribution in [0.4, 0.5) is 0 Å². The topological polar surface area (TPSA) is 88.4 Å². The summed E-state index contributed by atoms with van der Waals surface area (Å²) in [6, 6.07) is 6.98. The van der Waals surface area contributed by atoms with Gasteiger partial charge >= 0.3 is 0 Å². The van der Waals surface area contributed by atoms with E-state index in [2.05, 4.69) is 24.0 Å². The van der Waals surface area contributed by atoms with Crippen LogP contribution in [-0.2, 0) is 14.8 Å². The number of amides is 1. The molecule has 0 N–H and O–H groups in total. The molecule has 0 aliphatic carbocycles. The molecule has 0 radical (unpaired) electrons. The molecule has 8 nitrogen and oxygen atoms in total. The van der Waals surface area contributed by atoms with Crippen LogP contribution in [0, 0.1) is 0 Å². The maximum atomic E-state index is 13.0. The van der Waals surface area contributed by atoms with Crippen molar-refractivity contribution < 1.29 is 13.2 Å². The summed E-state index contributed by atoms with van der Waals surface area (Å²) in [5.41, 5.74) is 0.698. The molecule has 1 aliphatic rings. The molecule has 1 saturated heterocycles. The minimum atomic E-state index is -3.57. The second-order valence-electron chi connectivity index (χ2n) is 7.93. The van der Waals surface area contributed by atoms with Crippen molar-refractivity contribution in [3.63, 3.8) is 0 Å². The van der Waals surface area contributed by atoms with E-state index in [4.69, 9.17) is 0 Å². The van der Waals surface area contributed by atoms with E-state index < -0.39 is 10.0 Å². The van der Waals surface area contributed by atoms with Crippen molar-refractivity contribution >= 4 is 27.7 Å². The van der Waals surface area contributed by atoms with Gasteiger partial charge < -0.3 is 4.90 Å². The summed E-state index contributed by atoms with van der Waals surface area (Å²) in [7, 11) is -3.57. The predicted octanol–water partition coefficient (Wildman–Crippen LogP) is 3.66. The number of nitrogens with zero attached hydrogens (tertiary/aromatic N) is 5. The van der Waals surface area contributed by atoms with E-state index in [1.165, 1.54) is 16.1 Å². The summed E-state index contributed by atoms with van der Waals surface area (Å²) in [5, 5.41) is 9.44. The number of hydrogen-bond acceptors (Lipinski definition) is 6. The molecule has 2 aromatic rings. The molecule has 1 unspecified atom stereocenters. The zero-order chi connectivity index (χ0) is 23.3. The van der Waals surface area contributed by atoms with Gasteiger partial charge in [-0.3, -0.25) is 9.36 Å². The van der Waals surface area contributed by atoms with Crippen LogP contribution in [0.25, 0.3) is 11.4 Å². The van der Waals surface area contributed by atoms with Gasteiger partial charge in [-0.05, 0) is 38.3 Å². The van der Waals surface area contributed by atoms with Crippen molar-refractivity contribution in [2.75, 3.05) is 31.9 Å². The first-order chi connectivity index (χ1) is 15.3. The Bertz CT molecular complexity index is 1030. The van der Waals surface area contributed by atoms with Gasteiger partial charge in [0.15, 0.2) is 11.0 Å². The number of rotatable bonds is 10. The van der Waals surface area contributed by atoms with Crippen LogP contribution in [0.2, 0.25) is 0 Å². The van der Waals surface area contributed by atoms with Crippen LogP contribution in [0.3, 0.4) is 0 Å². The molecule has 1 aromatic heterocycles. The van der Waals surface area contributed by atoms with Gasteiger partial charge in [0.25, 0.3) is 0 Å². The summed E-state index contributed by atoms with van der Waals surface area (Å²) in [6.07, 6.45) is 2.99. The zero-order valence-electron chi connectivity index (χ0n) is 19.3. The molecule has 0 saturated carbocycles. The maximum Gasteiger partial charge on any atom is 0.243 e. The van der Waals surface area contributed by atoms with Gasteiger partial charge in [-0.1, -0.05) is 44.7 Å². The summed E-state index contributed by atoms with van der Waals surface area (Å²) >= 11 is 1.39. The summed E-state index contributed by atoms with van der Waals surface area (Å²) < 4.78 is 29.5. The number of carbonyl (C=O) groups is 1. The molecule has 1 fully saturated rings. The van der Waals surface area contributed by atoms with Crippen LogP contribution >= 0.6 is 11.8 Å². The molecule has 1 aliphatic heterocycles. The number of likely N-dealkylation sites (tertiary alicyclic amines) is 1. The normalized spacial score (nSPS) is 15.5. The summed E-state index contributed by atoms with van der Waals surface area (Å²) in [4.78, 5) is 14.6. The van der Waals surface area contributed by atoms with E-state index in [1.807, 2.05) is 29.4 Å². The van der Waals surface area contributed by atoms with Gasteiger partial charge in [0.2, 0.25) is 15.9 Å². The fourth-order valence-electron chi connectivity index (χ4n) is 3.84. The molecule has 0 bridgehead atoms. The minimum absolute atomic E-state index is 0.104. The smallest absolute Gasteiger partial charge is 0.243 e. The summed E-state index contributed by atoms with van der Waals surface area (Å²) in [6.45, 7) is 10.3.